The van der Waals surface area contributed by atoms with E-state index < -0.39 is 11.9 Å². The highest BCUT2D eigenvalue weighted by molar-refractivity contribution is 6.08. The van der Waals surface area contributed by atoms with E-state index in [0.29, 0.717) is 17.5 Å². The fraction of sp³-hybridized carbons (Fsp3) is 0.231. The molecular weight excluding hydrogens is 260 g/mol. The fourth-order valence-corrected chi connectivity index (χ4v) is 2.22. The molecule has 2 aromatic rings. The lowest BCUT2D eigenvalue weighted by Crippen LogP contribution is -2.52. The number of nitrogens with one attached hydrogen (secondary N) is 3. The minimum absolute atomic E-state index is 0.225. The lowest BCUT2D eigenvalue weighted by atomic mass is 10.1. The molecule has 1 aliphatic heterocycles. The Balaban J connectivity index is 1.81. The van der Waals surface area contributed by atoms with Crippen molar-refractivity contribution in [3.05, 3.63) is 30.1 Å². The van der Waals surface area contributed by atoms with E-state index in [0.717, 1.165) is 5.52 Å². The maximum absolute atomic E-state index is 12.2. The summed E-state index contributed by atoms with van der Waals surface area (Å²) in [5, 5.41) is 4.83. The van der Waals surface area contributed by atoms with E-state index >= 15 is 0 Å². The van der Waals surface area contributed by atoms with Crippen LogP contribution in [0.4, 0.5) is 0 Å². The third-order valence-corrected chi connectivity index (χ3v) is 3.24. The topological polar surface area (TPSA) is 104 Å². The summed E-state index contributed by atoms with van der Waals surface area (Å²) in [6.07, 6.45) is 2.05. The van der Waals surface area contributed by atoms with Gasteiger partial charge >= 0.3 is 0 Å². The SMILES string of the molecule is O=C1CCC(NC(=O)c2cccc3[nH]cnc23)C(=O)N1. The first-order valence-corrected chi connectivity index (χ1v) is 6.22. The van der Waals surface area contributed by atoms with E-state index in [1.165, 1.54) is 6.33 Å². The number of imidazole rings is 1. The molecule has 0 spiro atoms. The molecule has 102 valence electrons. The van der Waals surface area contributed by atoms with Gasteiger partial charge in [-0.1, -0.05) is 6.07 Å². The maximum Gasteiger partial charge on any atom is 0.254 e. The van der Waals surface area contributed by atoms with Crippen molar-refractivity contribution in [1.29, 1.82) is 0 Å². The molecule has 0 aliphatic carbocycles. The van der Waals surface area contributed by atoms with Crippen LogP contribution in [0.1, 0.15) is 23.2 Å². The van der Waals surface area contributed by atoms with Crippen molar-refractivity contribution >= 4 is 28.8 Å². The van der Waals surface area contributed by atoms with Gasteiger partial charge in [-0.05, 0) is 18.6 Å². The van der Waals surface area contributed by atoms with Crippen LogP contribution in [-0.2, 0) is 9.59 Å². The molecular formula is C13H12N4O3. The van der Waals surface area contributed by atoms with E-state index in [1.807, 2.05) is 6.07 Å². The number of fused-ring (bicyclic) bond motifs is 1. The molecule has 1 fully saturated rings. The van der Waals surface area contributed by atoms with E-state index in [-0.39, 0.29) is 18.2 Å². The molecule has 3 N–H and O–H groups in total. The maximum atomic E-state index is 12.2. The second-order valence-corrected chi connectivity index (χ2v) is 4.58. The van der Waals surface area contributed by atoms with E-state index in [1.54, 1.807) is 12.1 Å². The third kappa shape index (κ3) is 2.13. The number of piperidine rings is 1. The van der Waals surface area contributed by atoms with Crippen LogP contribution in [-0.4, -0.2) is 33.7 Å². The van der Waals surface area contributed by atoms with Crippen LogP contribution in [0.2, 0.25) is 0 Å². The van der Waals surface area contributed by atoms with E-state index in [4.69, 9.17) is 0 Å². The van der Waals surface area contributed by atoms with Crippen LogP contribution >= 0.6 is 0 Å². The smallest absolute Gasteiger partial charge is 0.254 e. The van der Waals surface area contributed by atoms with Gasteiger partial charge in [0.15, 0.2) is 0 Å². The summed E-state index contributed by atoms with van der Waals surface area (Å²) in [6.45, 7) is 0. The Morgan fingerprint density at radius 1 is 1.35 bits per heavy atom. The number of aromatic nitrogens is 2. The van der Waals surface area contributed by atoms with Crippen LogP contribution < -0.4 is 10.6 Å². The van der Waals surface area contributed by atoms with Gasteiger partial charge < -0.3 is 10.3 Å². The van der Waals surface area contributed by atoms with Crippen LogP contribution in [0.25, 0.3) is 11.0 Å². The first-order chi connectivity index (χ1) is 9.65. The molecule has 1 aromatic carbocycles. The molecule has 3 amide bonds. The Labute approximate surface area is 113 Å². The molecule has 0 radical (unpaired) electrons. The molecule has 0 saturated carbocycles. The zero-order valence-corrected chi connectivity index (χ0v) is 10.5. The van der Waals surface area contributed by atoms with Crippen molar-refractivity contribution in [3.63, 3.8) is 0 Å². The van der Waals surface area contributed by atoms with Gasteiger partial charge in [-0.3, -0.25) is 19.7 Å². The van der Waals surface area contributed by atoms with E-state index in [9.17, 15) is 14.4 Å². The molecule has 0 bridgehead atoms. The molecule has 1 aromatic heterocycles. The first-order valence-electron chi connectivity index (χ1n) is 6.22. The van der Waals surface area contributed by atoms with Crippen molar-refractivity contribution in [3.8, 4) is 0 Å². The summed E-state index contributed by atoms with van der Waals surface area (Å²) in [6, 6.07) is 4.50. The predicted molar refractivity (Wildman–Crippen MR) is 69.7 cm³/mol. The Hall–Kier alpha value is -2.70. The highest BCUT2D eigenvalue weighted by atomic mass is 16.2. The third-order valence-electron chi connectivity index (χ3n) is 3.24. The predicted octanol–water partition coefficient (Wildman–Crippen LogP) is 0.0979. The average molecular weight is 272 g/mol. The highest BCUT2D eigenvalue weighted by Gasteiger charge is 2.28. The molecule has 1 atom stereocenters. The molecule has 1 aliphatic rings. The Morgan fingerprint density at radius 2 is 2.20 bits per heavy atom. The summed E-state index contributed by atoms with van der Waals surface area (Å²) in [4.78, 5) is 41.9. The number of imide groups is 1. The van der Waals surface area contributed by atoms with Crippen LogP contribution in [0.5, 0.6) is 0 Å². The van der Waals surface area contributed by atoms with Gasteiger partial charge in [0, 0.05) is 6.42 Å². The largest absolute Gasteiger partial charge is 0.345 e. The zero-order chi connectivity index (χ0) is 14.1. The molecule has 1 unspecified atom stereocenters. The van der Waals surface area contributed by atoms with Gasteiger partial charge in [-0.25, -0.2) is 4.98 Å². The number of aromatic amines is 1. The molecule has 3 rings (SSSR count). The number of benzene rings is 1. The normalized spacial score (nSPS) is 18.9. The lowest BCUT2D eigenvalue weighted by molar-refractivity contribution is -0.134. The molecule has 20 heavy (non-hydrogen) atoms. The number of amides is 3. The monoisotopic (exact) mass is 272 g/mol. The number of para-hydroxylation sites is 1. The first kappa shape index (κ1) is 12.3. The van der Waals surface area contributed by atoms with Crippen molar-refractivity contribution in [2.45, 2.75) is 18.9 Å². The van der Waals surface area contributed by atoms with Crippen LogP contribution in [0, 0.1) is 0 Å². The Kier molecular flexibility index (Phi) is 2.94. The van der Waals surface area contributed by atoms with Crippen LogP contribution in [0.3, 0.4) is 0 Å². The summed E-state index contributed by atoms with van der Waals surface area (Å²) in [7, 11) is 0. The molecule has 7 nitrogen and oxygen atoms in total. The van der Waals surface area contributed by atoms with Crippen molar-refractivity contribution in [2.24, 2.45) is 0 Å². The number of rotatable bonds is 2. The van der Waals surface area contributed by atoms with Crippen molar-refractivity contribution in [1.82, 2.24) is 20.6 Å². The highest BCUT2D eigenvalue weighted by Crippen LogP contribution is 2.15. The minimum Gasteiger partial charge on any atom is -0.345 e. The van der Waals surface area contributed by atoms with Gasteiger partial charge in [-0.15, -0.1) is 0 Å². The minimum atomic E-state index is -0.686. The molecule has 2 heterocycles. The summed E-state index contributed by atoms with van der Waals surface area (Å²) < 4.78 is 0. The second-order valence-electron chi connectivity index (χ2n) is 4.58. The number of hydrogen-bond donors (Lipinski definition) is 3. The summed E-state index contributed by atoms with van der Waals surface area (Å²) in [5.41, 5.74) is 1.70. The number of carbonyl (C=O) groups excluding carboxylic acids is 3. The van der Waals surface area contributed by atoms with Gasteiger partial charge in [-0.2, -0.15) is 0 Å². The summed E-state index contributed by atoms with van der Waals surface area (Å²) in [5.74, 6) is -1.16. The van der Waals surface area contributed by atoms with Crippen molar-refractivity contribution in [2.75, 3.05) is 0 Å². The van der Waals surface area contributed by atoms with Gasteiger partial charge in [0.2, 0.25) is 11.8 Å². The zero-order valence-electron chi connectivity index (χ0n) is 10.5. The van der Waals surface area contributed by atoms with Crippen LogP contribution in [0.15, 0.2) is 24.5 Å². The Morgan fingerprint density at radius 3 is 3.00 bits per heavy atom. The molecule has 1 saturated heterocycles. The molecule has 7 heteroatoms. The van der Waals surface area contributed by atoms with Gasteiger partial charge in [0.25, 0.3) is 5.91 Å². The van der Waals surface area contributed by atoms with Gasteiger partial charge in [0.05, 0.1) is 17.4 Å². The quantitative estimate of drug-likeness (QED) is 0.674. The number of hydrogen-bond acceptors (Lipinski definition) is 4. The number of carbonyl (C=O) groups is 3. The second kappa shape index (κ2) is 4.76. The van der Waals surface area contributed by atoms with E-state index in [2.05, 4.69) is 20.6 Å². The standard InChI is InChI=1S/C13H12N4O3/c18-10-5-4-9(13(20)17-10)16-12(19)7-2-1-3-8-11(7)15-6-14-8/h1-3,6,9H,4-5H2,(H,14,15)(H,16,19)(H,17,18,20). The number of H-pyrrole nitrogens is 1. The summed E-state index contributed by atoms with van der Waals surface area (Å²) >= 11 is 0. The Bertz CT molecular complexity index is 706. The fourth-order valence-electron chi connectivity index (χ4n) is 2.22. The van der Waals surface area contributed by atoms with Gasteiger partial charge in [0.1, 0.15) is 11.6 Å². The van der Waals surface area contributed by atoms with Crippen molar-refractivity contribution < 1.29 is 14.4 Å². The number of nitrogens with zero attached hydrogens (tertiary/aromatic N) is 1. The lowest BCUT2D eigenvalue weighted by Gasteiger charge is -2.21. The average Bonchev–Trinajstić information content (AvgIpc) is 2.90.